The van der Waals surface area contributed by atoms with E-state index in [1.165, 1.54) is 18.9 Å². The molecule has 0 spiro atoms. The van der Waals surface area contributed by atoms with E-state index >= 15 is 0 Å². The Morgan fingerprint density at radius 3 is 2.17 bits per heavy atom. The number of methoxy groups -OCH3 is 3. The minimum absolute atomic E-state index is 0.258. The molecule has 1 fully saturated rings. The molecule has 0 bridgehead atoms. The Bertz CT molecular complexity index is 1210. The number of aromatic nitrogens is 2. The highest BCUT2D eigenvalue weighted by molar-refractivity contribution is 6.02. The van der Waals surface area contributed by atoms with Crippen LogP contribution in [-0.2, 0) is 4.79 Å². The Morgan fingerprint density at radius 2 is 1.56 bits per heavy atom. The van der Waals surface area contributed by atoms with Crippen molar-refractivity contribution in [2.24, 2.45) is 0 Å². The predicted octanol–water partition coefficient (Wildman–Crippen LogP) is 4.81. The van der Waals surface area contributed by atoms with Crippen LogP contribution in [-0.4, -0.2) is 50.3 Å². The minimum Gasteiger partial charge on any atom is -0.493 e. The fraction of sp³-hybridized carbons (Fsp3) is 0.296. The van der Waals surface area contributed by atoms with Gasteiger partial charge in [-0.05, 0) is 67.8 Å². The Hall–Kier alpha value is -4.27. The topological polar surface area (TPSA) is 97.8 Å². The Labute approximate surface area is 211 Å². The monoisotopic (exact) mass is 489 g/mol. The smallest absolute Gasteiger partial charge is 0.248 e. The molecule has 2 aromatic carbocycles. The van der Waals surface area contributed by atoms with Gasteiger partial charge in [0.05, 0.1) is 21.3 Å². The number of carbonyl (C=O) groups excluding carboxylic acids is 1. The summed E-state index contributed by atoms with van der Waals surface area (Å²) in [5.41, 5.74) is 2.29. The fourth-order valence-corrected chi connectivity index (χ4v) is 4.06. The van der Waals surface area contributed by atoms with Gasteiger partial charge in [-0.3, -0.25) is 4.79 Å². The normalized spacial score (nSPS) is 13.1. The average Bonchev–Trinajstić information content (AvgIpc) is 3.43. The van der Waals surface area contributed by atoms with Crippen LogP contribution in [0.25, 0.3) is 6.08 Å². The van der Waals surface area contributed by atoms with Gasteiger partial charge in [0, 0.05) is 36.6 Å². The molecule has 2 N–H and O–H groups in total. The lowest BCUT2D eigenvalue weighted by atomic mass is 10.1. The summed E-state index contributed by atoms with van der Waals surface area (Å²) in [4.78, 5) is 23.8. The molecule has 1 amide bonds. The molecule has 9 nitrogen and oxygen atoms in total. The van der Waals surface area contributed by atoms with Crippen molar-refractivity contribution in [2.45, 2.75) is 19.8 Å². The van der Waals surface area contributed by atoms with Gasteiger partial charge in [0.15, 0.2) is 11.5 Å². The summed E-state index contributed by atoms with van der Waals surface area (Å²) in [5.74, 6) is 3.70. The van der Waals surface area contributed by atoms with E-state index in [-0.39, 0.29) is 5.91 Å². The van der Waals surface area contributed by atoms with Gasteiger partial charge in [0.1, 0.15) is 17.5 Å². The maximum Gasteiger partial charge on any atom is 0.248 e. The summed E-state index contributed by atoms with van der Waals surface area (Å²) in [7, 11) is 4.65. The third-order valence-corrected chi connectivity index (χ3v) is 5.79. The summed E-state index contributed by atoms with van der Waals surface area (Å²) in [6, 6.07) is 13.0. The van der Waals surface area contributed by atoms with Crippen molar-refractivity contribution in [3.63, 3.8) is 0 Å². The Balaban J connectivity index is 1.39. The molecule has 3 aromatic rings. The molecule has 1 aliphatic heterocycles. The molecule has 36 heavy (non-hydrogen) atoms. The number of nitrogens with one attached hydrogen (secondary N) is 2. The molecular formula is C27H31N5O4. The van der Waals surface area contributed by atoms with Crippen molar-refractivity contribution in [2.75, 3.05) is 50.0 Å². The first-order valence-corrected chi connectivity index (χ1v) is 11.8. The average molecular weight is 490 g/mol. The second kappa shape index (κ2) is 11.4. The number of amides is 1. The summed E-state index contributed by atoms with van der Waals surface area (Å²) in [5, 5.41) is 6.19. The van der Waals surface area contributed by atoms with Crippen molar-refractivity contribution < 1.29 is 19.0 Å². The van der Waals surface area contributed by atoms with E-state index in [0.29, 0.717) is 22.9 Å². The van der Waals surface area contributed by atoms with Gasteiger partial charge in [-0.15, -0.1) is 0 Å². The van der Waals surface area contributed by atoms with Crippen LogP contribution in [0.4, 0.5) is 23.0 Å². The molecule has 9 heteroatoms. The maximum absolute atomic E-state index is 12.5. The molecule has 1 saturated heterocycles. The number of anilines is 4. The van der Waals surface area contributed by atoms with Crippen molar-refractivity contribution in [3.05, 3.63) is 59.9 Å². The van der Waals surface area contributed by atoms with Gasteiger partial charge in [-0.25, -0.2) is 9.97 Å². The first-order valence-electron chi connectivity index (χ1n) is 11.8. The Morgan fingerprint density at radius 1 is 0.917 bits per heavy atom. The van der Waals surface area contributed by atoms with Crippen LogP contribution in [0.1, 0.15) is 24.2 Å². The summed E-state index contributed by atoms with van der Waals surface area (Å²) >= 11 is 0. The van der Waals surface area contributed by atoms with Crippen LogP contribution >= 0.6 is 0 Å². The van der Waals surface area contributed by atoms with Crippen molar-refractivity contribution in [1.29, 1.82) is 0 Å². The lowest BCUT2D eigenvalue weighted by molar-refractivity contribution is -0.111. The van der Waals surface area contributed by atoms with Crippen LogP contribution in [0, 0.1) is 6.92 Å². The molecule has 0 unspecified atom stereocenters. The number of hydrogen-bond donors (Lipinski definition) is 2. The van der Waals surface area contributed by atoms with E-state index < -0.39 is 0 Å². The van der Waals surface area contributed by atoms with E-state index in [2.05, 4.69) is 25.5 Å². The molecule has 188 valence electrons. The molecule has 0 atom stereocenters. The Kier molecular flexibility index (Phi) is 7.89. The second-order valence-electron chi connectivity index (χ2n) is 8.34. The van der Waals surface area contributed by atoms with Gasteiger partial charge in [0.2, 0.25) is 11.7 Å². The molecule has 1 aliphatic rings. The van der Waals surface area contributed by atoms with Crippen molar-refractivity contribution >= 4 is 35.0 Å². The van der Waals surface area contributed by atoms with E-state index in [1.807, 2.05) is 37.3 Å². The summed E-state index contributed by atoms with van der Waals surface area (Å²) in [6.45, 7) is 3.95. The number of carbonyl (C=O) groups is 1. The summed E-state index contributed by atoms with van der Waals surface area (Å²) in [6.07, 6.45) is 5.52. The van der Waals surface area contributed by atoms with E-state index in [9.17, 15) is 4.79 Å². The number of nitrogens with zero attached hydrogens (tertiary/aromatic N) is 3. The van der Waals surface area contributed by atoms with E-state index in [1.54, 1.807) is 39.5 Å². The summed E-state index contributed by atoms with van der Waals surface area (Å²) < 4.78 is 16.0. The van der Waals surface area contributed by atoms with Crippen LogP contribution in [0.2, 0.25) is 0 Å². The van der Waals surface area contributed by atoms with Gasteiger partial charge >= 0.3 is 0 Å². The number of benzene rings is 2. The number of rotatable bonds is 9. The largest absolute Gasteiger partial charge is 0.493 e. The molecular weight excluding hydrogens is 458 g/mol. The third-order valence-electron chi connectivity index (χ3n) is 5.79. The zero-order chi connectivity index (χ0) is 25.5. The zero-order valence-corrected chi connectivity index (χ0v) is 21.0. The number of ether oxygens (including phenoxy) is 3. The van der Waals surface area contributed by atoms with Crippen molar-refractivity contribution in [1.82, 2.24) is 9.97 Å². The molecule has 0 saturated carbocycles. The molecule has 2 heterocycles. The van der Waals surface area contributed by atoms with E-state index in [4.69, 9.17) is 14.2 Å². The van der Waals surface area contributed by atoms with Crippen molar-refractivity contribution in [3.8, 4) is 17.2 Å². The lowest BCUT2D eigenvalue weighted by Crippen LogP contribution is -2.19. The highest BCUT2D eigenvalue weighted by Gasteiger charge is 2.15. The fourth-order valence-electron chi connectivity index (χ4n) is 4.06. The highest BCUT2D eigenvalue weighted by Crippen LogP contribution is 2.38. The van der Waals surface area contributed by atoms with E-state index in [0.717, 1.165) is 41.8 Å². The highest BCUT2D eigenvalue weighted by atomic mass is 16.5. The van der Waals surface area contributed by atoms with Gasteiger partial charge in [0.25, 0.3) is 0 Å². The number of aryl methyl sites for hydroxylation is 1. The predicted molar refractivity (Wildman–Crippen MR) is 142 cm³/mol. The standard InChI is InChI=1S/C27H31N5O4/c1-18-28-24(17-25(29-18)32-13-5-6-14-32)30-20-8-10-21(11-9-20)31-26(33)12-7-19-15-22(34-2)27(36-4)23(16-19)35-3/h7-12,15-17H,5-6,13-14H2,1-4H3,(H,31,33)(H,28,29,30)/b12-7+. The second-order valence-corrected chi connectivity index (χ2v) is 8.34. The van der Waals surface area contributed by atoms with Gasteiger partial charge in [-0.1, -0.05) is 0 Å². The minimum atomic E-state index is -0.258. The molecule has 1 aromatic heterocycles. The molecule has 0 aliphatic carbocycles. The zero-order valence-electron chi connectivity index (χ0n) is 21.0. The van der Waals surface area contributed by atoms with Gasteiger partial charge < -0.3 is 29.7 Å². The first kappa shape index (κ1) is 24.8. The number of hydrogen-bond acceptors (Lipinski definition) is 8. The van der Waals surface area contributed by atoms with Crippen LogP contribution < -0.4 is 29.7 Å². The third kappa shape index (κ3) is 6.04. The SMILES string of the molecule is COc1cc(/C=C/C(=O)Nc2ccc(Nc3cc(N4CCCC4)nc(C)n3)cc2)cc(OC)c1OC. The maximum atomic E-state index is 12.5. The first-order chi connectivity index (χ1) is 17.5. The van der Waals surface area contributed by atoms with Gasteiger partial charge in [-0.2, -0.15) is 0 Å². The molecule has 4 rings (SSSR count). The van der Waals surface area contributed by atoms with Crippen LogP contribution in [0.15, 0.2) is 48.5 Å². The van der Waals surface area contributed by atoms with Crippen LogP contribution in [0.5, 0.6) is 17.2 Å². The quantitative estimate of drug-likeness (QED) is 0.414. The molecule has 0 radical (unpaired) electrons. The van der Waals surface area contributed by atoms with Crippen LogP contribution in [0.3, 0.4) is 0 Å². The lowest BCUT2D eigenvalue weighted by Gasteiger charge is -2.18.